The molecule has 0 amide bonds. The van der Waals surface area contributed by atoms with Crippen LogP contribution in [0.15, 0.2) is 36.9 Å². The molecule has 0 aliphatic carbocycles. The first-order valence-electron chi connectivity index (χ1n) is 8.87. The minimum atomic E-state index is 0.229. The Morgan fingerprint density at radius 2 is 2.19 bits per heavy atom. The normalized spacial score (nSPS) is 13.1. The molecule has 1 N–H and O–H groups in total. The van der Waals surface area contributed by atoms with Gasteiger partial charge in [0.15, 0.2) is 10.8 Å². The van der Waals surface area contributed by atoms with E-state index >= 15 is 0 Å². The van der Waals surface area contributed by atoms with Crippen LogP contribution in [-0.4, -0.2) is 36.3 Å². The first kappa shape index (κ1) is 16.2. The average Bonchev–Trinajstić information content (AvgIpc) is 3.41. The van der Waals surface area contributed by atoms with Crippen LogP contribution >= 0.6 is 11.3 Å². The fourth-order valence-corrected chi connectivity index (χ4v) is 4.32. The van der Waals surface area contributed by atoms with E-state index in [2.05, 4.69) is 40.0 Å². The molecule has 0 bridgehead atoms. The highest BCUT2D eigenvalue weighted by Gasteiger charge is 2.24. The highest BCUT2D eigenvalue weighted by molar-refractivity contribution is 7.15. The molecule has 3 aromatic heterocycles. The van der Waals surface area contributed by atoms with Crippen LogP contribution < -0.4 is 4.74 Å². The molecule has 5 rings (SSSR count). The Hall–Kier alpha value is -3.00. The van der Waals surface area contributed by atoms with Gasteiger partial charge in [0.2, 0.25) is 0 Å². The summed E-state index contributed by atoms with van der Waals surface area (Å²) in [6.07, 6.45) is 5.99. The molecule has 0 unspecified atom stereocenters. The van der Waals surface area contributed by atoms with Gasteiger partial charge < -0.3 is 9.72 Å². The number of hydrogen-bond donors (Lipinski definition) is 1. The SMILES string of the molecule is CC(C)n1ncnc1-c1nc2c(s1)CCOc1ccc(-c3ncc[nH]3)cc1-2. The van der Waals surface area contributed by atoms with E-state index in [1.165, 1.54) is 4.88 Å². The molecule has 1 aromatic carbocycles. The van der Waals surface area contributed by atoms with E-state index in [9.17, 15) is 0 Å². The molecular weight excluding hydrogens is 360 g/mol. The number of aromatic nitrogens is 6. The number of nitrogens with zero attached hydrogens (tertiary/aromatic N) is 5. The van der Waals surface area contributed by atoms with Crippen molar-refractivity contribution in [3.63, 3.8) is 0 Å². The zero-order chi connectivity index (χ0) is 18.4. The molecule has 136 valence electrons. The lowest BCUT2D eigenvalue weighted by molar-refractivity contribution is 0.327. The van der Waals surface area contributed by atoms with Crippen LogP contribution in [0.1, 0.15) is 24.8 Å². The monoisotopic (exact) mass is 378 g/mol. The minimum absolute atomic E-state index is 0.229. The van der Waals surface area contributed by atoms with E-state index < -0.39 is 0 Å². The highest BCUT2D eigenvalue weighted by atomic mass is 32.1. The molecule has 4 heterocycles. The standard InChI is InChI=1S/C19H18N6OS/c1-11(2)25-18(22-10-23-25)19-24-16-13-9-12(17-20-6-7-21-17)3-4-14(13)26-8-5-15(16)27-19/h3-4,6-7,9-11H,5,8H2,1-2H3,(H,20,21). The third kappa shape index (κ3) is 2.73. The Balaban J connectivity index is 1.65. The number of thiazole rings is 1. The Labute approximate surface area is 160 Å². The summed E-state index contributed by atoms with van der Waals surface area (Å²) in [5.41, 5.74) is 2.97. The third-order valence-corrected chi connectivity index (χ3v) is 5.65. The van der Waals surface area contributed by atoms with Crippen LogP contribution in [0, 0.1) is 0 Å². The van der Waals surface area contributed by atoms with Crippen LogP contribution in [0.25, 0.3) is 33.5 Å². The summed E-state index contributed by atoms with van der Waals surface area (Å²) < 4.78 is 7.87. The quantitative estimate of drug-likeness (QED) is 0.583. The van der Waals surface area contributed by atoms with Gasteiger partial charge in [0.05, 0.1) is 12.3 Å². The Kier molecular flexibility index (Phi) is 3.78. The summed E-state index contributed by atoms with van der Waals surface area (Å²) in [6.45, 7) is 4.82. The summed E-state index contributed by atoms with van der Waals surface area (Å²) in [4.78, 5) is 18.1. The summed E-state index contributed by atoms with van der Waals surface area (Å²) in [6, 6.07) is 6.34. The summed E-state index contributed by atoms with van der Waals surface area (Å²) >= 11 is 1.67. The zero-order valence-corrected chi connectivity index (χ0v) is 15.8. The number of imidazole rings is 1. The van der Waals surface area contributed by atoms with Crippen molar-refractivity contribution in [2.75, 3.05) is 6.61 Å². The smallest absolute Gasteiger partial charge is 0.187 e. The van der Waals surface area contributed by atoms with E-state index in [-0.39, 0.29) is 6.04 Å². The van der Waals surface area contributed by atoms with Gasteiger partial charge in [-0.3, -0.25) is 0 Å². The number of fused-ring (bicyclic) bond motifs is 3. The van der Waals surface area contributed by atoms with Crippen molar-refractivity contribution < 1.29 is 4.74 Å². The van der Waals surface area contributed by atoms with Crippen LogP contribution in [0.4, 0.5) is 0 Å². The number of nitrogens with one attached hydrogen (secondary N) is 1. The second-order valence-corrected chi connectivity index (χ2v) is 7.74. The van der Waals surface area contributed by atoms with Gasteiger partial charge in [-0.15, -0.1) is 11.3 Å². The van der Waals surface area contributed by atoms with Gasteiger partial charge in [-0.2, -0.15) is 5.10 Å². The van der Waals surface area contributed by atoms with Crippen LogP contribution in [-0.2, 0) is 6.42 Å². The molecule has 1 aliphatic heterocycles. The summed E-state index contributed by atoms with van der Waals surface area (Å²) in [5.74, 6) is 2.50. The molecule has 8 heteroatoms. The Bertz CT molecular complexity index is 1100. The lowest BCUT2D eigenvalue weighted by Crippen LogP contribution is -2.04. The Morgan fingerprint density at radius 3 is 3.00 bits per heavy atom. The van der Waals surface area contributed by atoms with Gasteiger partial charge in [0, 0.05) is 40.9 Å². The number of benzene rings is 1. The molecule has 0 saturated heterocycles. The maximum Gasteiger partial charge on any atom is 0.187 e. The van der Waals surface area contributed by atoms with Crippen molar-refractivity contribution in [2.24, 2.45) is 0 Å². The molecule has 0 fully saturated rings. The van der Waals surface area contributed by atoms with E-state index in [0.717, 1.165) is 45.6 Å². The van der Waals surface area contributed by atoms with Crippen LogP contribution in [0.2, 0.25) is 0 Å². The van der Waals surface area contributed by atoms with E-state index in [1.54, 1.807) is 23.9 Å². The van der Waals surface area contributed by atoms with Crippen LogP contribution in [0.3, 0.4) is 0 Å². The average molecular weight is 378 g/mol. The third-order valence-electron chi connectivity index (χ3n) is 4.54. The van der Waals surface area contributed by atoms with Gasteiger partial charge in [-0.1, -0.05) is 0 Å². The fourth-order valence-electron chi connectivity index (χ4n) is 3.27. The van der Waals surface area contributed by atoms with Gasteiger partial charge >= 0.3 is 0 Å². The predicted molar refractivity (Wildman–Crippen MR) is 104 cm³/mol. The van der Waals surface area contributed by atoms with Gasteiger partial charge in [-0.25, -0.2) is 19.6 Å². The largest absolute Gasteiger partial charge is 0.493 e. The van der Waals surface area contributed by atoms with Gasteiger partial charge in [0.1, 0.15) is 17.9 Å². The highest BCUT2D eigenvalue weighted by Crippen LogP contribution is 2.41. The lowest BCUT2D eigenvalue weighted by atomic mass is 10.1. The lowest BCUT2D eigenvalue weighted by Gasteiger charge is -2.09. The second-order valence-electron chi connectivity index (χ2n) is 6.66. The number of aromatic amines is 1. The molecule has 0 saturated carbocycles. The maximum absolute atomic E-state index is 5.96. The van der Waals surface area contributed by atoms with E-state index in [4.69, 9.17) is 9.72 Å². The summed E-state index contributed by atoms with van der Waals surface area (Å²) in [7, 11) is 0. The molecular formula is C19H18N6OS. The first-order chi connectivity index (χ1) is 13.2. The Morgan fingerprint density at radius 1 is 1.26 bits per heavy atom. The van der Waals surface area contributed by atoms with Crippen molar-refractivity contribution in [3.8, 4) is 39.2 Å². The summed E-state index contributed by atoms with van der Waals surface area (Å²) in [5, 5.41) is 5.24. The van der Waals surface area contributed by atoms with Crippen molar-refractivity contribution in [2.45, 2.75) is 26.3 Å². The number of hydrogen-bond acceptors (Lipinski definition) is 6. The fraction of sp³-hybridized carbons (Fsp3) is 0.263. The second kappa shape index (κ2) is 6.31. The predicted octanol–water partition coefficient (Wildman–Crippen LogP) is 3.97. The number of H-pyrrole nitrogens is 1. The topological polar surface area (TPSA) is 81.5 Å². The van der Waals surface area contributed by atoms with Gasteiger partial charge in [0.25, 0.3) is 0 Å². The number of ether oxygens (including phenoxy) is 1. The van der Waals surface area contributed by atoms with Crippen molar-refractivity contribution in [1.29, 1.82) is 0 Å². The first-order valence-corrected chi connectivity index (χ1v) is 9.69. The van der Waals surface area contributed by atoms with Crippen LogP contribution in [0.5, 0.6) is 5.75 Å². The molecule has 0 spiro atoms. The minimum Gasteiger partial charge on any atom is -0.493 e. The van der Waals surface area contributed by atoms with Gasteiger partial charge in [-0.05, 0) is 32.0 Å². The van der Waals surface area contributed by atoms with E-state index in [1.807, 2.05) is 23.0 Å². The molecule has 0 atom stereocenters. The maximum atomic E-state index is 5.96. The van der Waals surface area contributed by atoms with Crippen molar-refractivity contribution in [1.82, 2.24) is 29.7 Å². The molecule has 0 radical (unpaired) electrons. The van der Waals surface area contributed by atoms with Crippen molar-refractivity contribution >= 4 is 11.3 Å². The van der Waals surface area contributed by atoms with E-state index in [0.29, 0.717) is 6.61 Å². The number of rotatable bonds is 3. The van der Waals surface area contributed by atoms with Crippen molar-refractivity contribution in [3.05, 3.63) is 41.8 Å². The zero-order valence-electron chi connectivity index (χ0n) is 15.0. The molecule has 7 nitrogen and oxygen atoms in total. The molecule has 4 aromatic rings. The molecule has 27 heavy (non-hydrogen) atoms. The molecule has 1 aliphatic rings.